The van der Waals surface area contributed by atoms with Gasteiger partial charge < -0.3 is 19.7 Å². The normalized spacial score (nSPS) is 18.2. The van der Waals surface area contributed by atoms with Crippen LogP contribution in [-0.2, 0) is 0 Å². The third-order valence-corrected chi connectivity index (χ3v) is 3.78. The summed E-state index contributed by atoms with van der Waals surface area (Å²) >= 11 is 0. The second-order valence-corrected chi connectivity index (χ2v) is 5.19. The van der Waals surface area contributed by atoms with Gasteiger partial charge in [0.05, 0.1) is 0 Å². The highest BCUT2D eigenvalue weighted by Crippen LogP contribution is 2.32. The van der Waals surface area contributed by atoms with Crippen LogP contribution >= 0.6 is 0 Å². The molecule has 108 valence electrons. The molecule has 0 radical (unpaired) electrons. The van der Waals surface area contributed by atoms with E-state index in [4.69, 9.17) is 9.47 Å². The Bertz CT molecular complexity index is 484. The van der Waals surface area contributed by atoms with Crippen LogP contribution in [0.25, 0.3) is 0 Å². The predicted octanol–water partition coefficient (Wildman–Crippen LogP) is 1.28. The van der Waals surface area contributed by atoms with Crippen LogP contribution in [0.1, 0.15) is 23.2 Å². The standard InChI is InChI=1S/C15H20N2O3/c18-13(2-1-7-17-8-5-16-6-9-17)12-3-4-14-15(10-12)20-11-19-14/h3-4,10,16H,1-2,5-9,11H2. The van der Waals surface area contributed by atoms with Crippen molar-refractivity contribution in [2.24, 2.45) is 0 Å². The van der Waals surface area contributed by atoms with Gasteiger partial charge in [-0.1, -0.05) is 0 Å². The molecule has 5 heteroatoms. The van der Waals surface area contributed by atoms with Gasteiger partial charge in [0.1, 0.15) is 0 Å². The molecule has 1 aromatic rings. The molecule has 1 fully saturated rings. The van der Waals surface area contributed by atoms with E-state index in [2.05, 4.69) is 10.2 Å². The zero-order chi connectivity index (χ0) is 13.8. The monoisotopic (exact) mass is 276 g/mol. The minimum absolute atomic E-state index is 0.179. The third-order valence-electron chi connectivity index (χ3n) is 3.78. The Kier molecular flexibility index (Phi) is 4.18. The zero-order valence-corrected chi connectivity index (χ0v) is 11.6. The van der Waals surface area contributed by atoms with Crippen LogP contribution in [0.3, 0.4) is 0 Å². The summed E-state index contributed by atoms with van der Waals surface area (Å²) in [6.07, 6.45) is 1.50. The molecule has 0 unspecified atom stereocenters. The number of carbonyl (C=O) groups excluding carboxylic acids is 1. The van der Waals surface area contributed by atoms with Crippen molar-refractivity contribution in [3.63, 3.8) is 0 Å². The molecule has 0 saturated carbocycles. The second-order valence-electron chi connectivity index (χ2n) is 5.19. The molecular weight excluding hydrogens is 256 g/mol. The fraction of sp³-hybridized carbons (Fsp3) is 0.533. The average Bonchev–Trinajstić information content (AvgIpc) is 2.95. The number of fused-ring (bicyclic) bond motifs is 1. The van der Waals surface area contributed by atoms with E-state index in [1.54, 1.807) is 6.07 Å². The minimum atomic E-state index is 0.179. The summed E-state index contributed by atoms with van der Waals surface area (Å²) < 4.78 is 10.5. The van der Waals surface area contributed by atoms with Crippen molar-refractivity contribution >= 4 is 5.78 Å². The molecule has 0 bridgehead atoms. The van der Waals surface area contributed by atoms with Crippen molar-refractivity contribution in [2.75, 3.05) is 39.5 Å². The van der Waals surface area contributed by atoms with E-state index in [0.29, 0.717) is 12.2 Å². The van der Waals surface area contributed by atoms with Gasteiger partial charge in [0, 0.05) is 38.2 Å². The minimum Gasteiger partial charge on any atom is -0.454 e. The number of ether oxygens (including phenoxy) is 2. The highest BCUT2D eigenvalue weighted by Gasteiger charge is 2.16. The molecule has 0 aliphatic carbocycles. The van der Waals surface area contributed by atoms with E-state index in [1.165, 1.54) is 0 Å². The van der Waals surface area contributed by atoms with Gasteiger partial charge in [-0.25, -0.2) is 0 Å². The highest BCUT2D eigenvalue weighted by atomic mass is 16.7. The Morgan fingerprint density at radius 2 is 2.00 bits per heavy atom. The van der Waals surface area contributed by atoms with Crippen LogP contribution in [0, 0.1) is 0 Å². The molecular formula is C15H20N2O3. The summed E-state index contributed by atoms with van der Waals surface area (Å²) in [6.45, 7) is 5.51. The van der Waals surface area contributed by atoms with Gasteiger partial charge in [-0.3, -0.25) is 4.79 Å². The fourth-order valence-electron chi connectivity index (χ4n) is 2.61. The SMILES string of the molecule is O=C(CCCN1CCNCC1)c1ccc2c(c1)OCO2. The molecule has 5 nitrogen and oxygen atoms in total. The van der Waals surface area contributed by atoms with Crippen LogP contribution in [0.4, 0.5) is 0 Å². The lowest BCUT2D eigenvalue weighted by atomic mass is 10.1. The topological polar surface area (TPSA) is 50.8 Å². The van der Waals surface area contributed by atoms with Crippen LogP contribution < -0.4 is 14.8 Å². The number of hydrogen-bond donors (Lipinski definition) is 1. The lowest BCUT2D eigenvalue weighted by Gasteiger charge is -2.26. The molecule has 2 heterocycles. The third kappa shape index (κ3) is 3.11. The first-order chi connectivity index (χ1) is 9.83. The number of benzene rings is 1. The second kappa shape index (κ2) is 6.24. The Morgan fingerprint density at radius 1 is 1.20 bits per heavy atom. The highest BCUT2D eigenvalue weighted by molar-refractivity contribution is 5.96. The zero-order valence-electron chi connectivity index (χ0n) is 11.6. The molecule has 20 heavy (non-hydrogen) atoms. The summed E-state index contributed by atoms with van der Waals surface area (Å²) in [5.74, 6) is 1.58. The summed E-state index contributed by atoms with van der Waals surface area (Å²) in [7, 11) is 0. The molecule has 1 aromatic carbocycles. The van der Waals surface area contributed by atoms with Gasteiger partial charge in [-0.2, -0.15) is 0 Å². The number of hydrogen-bond acceptors (Lipinski definition) is 5. The van der Waals surface area contributed by atoms with E-state index >= 15 is 0 Å². The smallest absolute Gasteiger partial charge is 0.231 e. The summed E-state index contributed by atoms with van der Waals surface area (Å²) in [4.78, 5) is 14.6. The first-order valence-electron chi connectivity index (χ1n) is 7.19. The number of nitrogens with one attached hydrogen (secondary N) is 1. The lowest BCUT2D eigenvalue weighted by molar-refractivity contribution is 0.0973. The van der Waals surface area contributed by atoms with Gasteiger partial charge in [0.2, 0.25) is 6.79 Å². The Balaban J connectivity index is 1.49. The molecule has 2 aliphatic rings. The Hall–Kier alpha value is -1.59. The molecule has 0 amide bonds. The van der Waals surface area contributed by atoms with Crippen LogP contribution in [0.15, 0.2) is 18.2 Å². The van der Waals surface area contributed by atoms with E-state index in [1.807, 2.05) is 12.1 Å². The quantitative estimate of drug-likeness (QED) is 0.821. The van der Waals surface area contributed by atoms with Gasteiger partial charge in [0.15, 0.2) is 17.3 Å². The first-order valence-corrected chi connectivity index (χ1v) is 7.19. The number of ketones is 1. The molecule has 0 aromatic heterocycles. The maximum atomic E-state index is 12.2. The average molecular weight is 276 g/mol. The number of carbonyl (C=O) groups is 1. The molecule has 1 saturated heterocycles. The number of Topliss-reactive ketones (excluding diaryl/α,β-unsaturated/α-hetero) is 1. The largest absolute Gasteiger partial charge is 0.454 e. The van der Waals surface area contributed by atoms with E-state index < -0.39 is 0 Å². The summed E-state index contributed by atoms with van der Waals surface area (Å²) in [5.41, 5.74) is 0.717. The summed E-state index contributed by atoms with van der Waals surface area (Å²) in [6, 6.07) is 5.42. The van der Waals surface area contributed by atoms with Crippen molar-refractivity contribution in [1.82, 2.24) is 10.2 Å². The molecule has 0 spiro atoms. The summed E-state index contributed by atoms with van der Waals surface area (Å²) in [5, 5.41) is 3.33. The molecule has 0 atom stereocenters. The predicted molar refractivity (Wildman–Crippen MR) is 75.4 cm³/mol. The van der Waals surface area contributed by atoms with E-state index in [9.17, 15) is 4.79 Å². The number of piperazine rings is 1. The van der Waals surface area contributed by atoms with Crippen molar-refractivity contribution in [3.8, 4) is 11.5 Å². The van der Waals surface area contributed by atoms with E-state index in [-0.39, 0.29) is 12.6 Å². The lowest BCUT2D eigenvalue weighted by Crippen LogP contribution is -2.43. The van der Waals surface area contributed by atoms with Crippen LogP contribution in [-0.4, -0.2) is 50.2 Å². The van der Waals surface area contributed by atoms with Crippen molar-refractivity contribution in [1.29, 1.82) is 0 Å². The van der Waals surface area contributed by atoms with Crippen molar-refractivity contribution in [2.45, 2.75) is 12.8 Å². The maximum absolute atomic E-state index is 12.2. The number of nitrogens with zero attached hydrogens (tertiary/aromatic N) is 1. The van der Waals surface area contributed by atoms with Crippen LogP contribution in [0.5, 0.6) is 11.5 Å². The Labute approximate surface area is 118 Å². The van der Waals surface area contributed by atoms with Gasteiger partial charge >= 0.3 is 0 Å². The molecule has 2 aliphatic heterocycles. The van der Waals surface area contributed by atoms with E-state index in [0.717, 1.165) is 50.5 Å². The fourth-order valence-corrected chi connectivity index (χ4v) is 2.61. The van der Waals surface area contributed by atoms with Gasteiger partial charge in [0.25, 0.3) is 0 Å². The van der Waals surface area contributed by atoms with Gasteiger partial charge in [-0.05, 0) is 31.2 Å². The van der Waals surface area contributed by atoms with Crippen molar-refractivity contribution < 1.29 is 14.3 Å². The first kappa shape index (κ1) is 13.4. The Morgan fingerprint density at radius 3 is 2.85 bits per heavy atom. The number of rotatable bonds is 5. The molecule has 1 N–H and O–H groups in total. The maximum Gasteiger partial charge on any atom is 0.231 e. The van der Waals surface area contributed by atoms with Gasteiger partial charge in [-0.15, -0.1) is 0 Å². The van der Waals surface area contributed by atoms with Crippen molar-refractivity contribution in [3.05, 3.63) is 23.8 Å². The molecule has 3 rings (SSSR count). The van der Waals surface area contributed by atoms with Crippen LogP contribution in [0.2, 0.25) is 0 Å².